The molecular formula is C23H27N5O2. The normalized spacial score (nSPS) is 15.2. The summed E-state index contributed by atoms with van der Waals surface area (Å²) in [6, 6.07) is 11.8. The molecule has 0 spiro atoms. The number of nitrogens with one attached hydrogen (secondary N) is 3. The van der Waals surface area contributed by atoms with E-state index in [4.69, 9.17) is 0 Å². The highest BCUT2D eigenvalue weighted by molar-refractivity contribution is 5.96. The van der Waals surface area contributed by atoms with Gasteiger partial charge < -0.3 is 20.5 Å². The zero-order valence-electron chi connectivity index (χ0n) is 16.9. The maximum atomic E-state index is 12.2. The summed E-state index contributed by atoms with van der Waals surface area (Å²) in [5, 5.41) is 7.00. The Morgan fingerprint density at radius 3 is 2.67 bits per heavy atom. The van der Waals surface area contributed by atoms with Crippen molar-refractivity contribution in [2.24, 2.45) is 0 Å². The van der Waals surface area contributed by atoms with Crippen LogP contribution in [-0.4, -0.2) is 58.9 Å². The molecule has 7 heteroatoms. The molecule has 4 rings (SSSR count). The quantitative estimate of drug-likeness (QED) is 0.562. The molecule has 1 aliphatic heterocycles. The van der Waals surface area contributed by atoms with E-state index in [9.17, 15) is 9.59 Å². The second kappa shape index (κ2) is 9.54. The van der Waals surface area contributed by atoms with Gasteiger partial charge in [0, 0.05) is 60.7 Å². The monoisotopic (exact) mass is 405 g/mol. The first-order chi connectivity index (χ1) is 14.7. The molecule has 1 aliphatic rings. The van der Waals surface area contributed by atoms with Crippen LogP contribution in [0.3, 0.4) is 0 Å². The minimum atomic E-state index is -0.264. The smallest absolute Gasteiger partial charge is 0.251 e. The fraction of sp³-hybridized carbons (Fsp3) is 0.348. The van der Waals surface area contributed by atoms with Crippen LogP contribution >= 0.6 is 0 Å². The summed E-state index contributed by atoms with van der Waals surface area (Å²) in [7, 11) is 0. The molecule has 3 heterocycles. The Kier molecular flexibility index (Phi) is 6.39. The SMILES string of the molecule is O=C(CNC(=O)c1ccncc1)NC1CCN(CCc2c[nH]c3ccccc23)CC1. The highest BCUT2D eigenvalue weighted by Gasteiger charge is 2.21. The molecule has 0 bridgehead atoms. The molecule has 1 fully saturated rings. The lowest BCUT2D eigenvalue weighted by Crippen LogP contribution is -2.47. The number of likely N-dealkylation sites (tertiary alicyclic amines) is 1. The number of nitrogens with zero attached hydrogens (tertiary/aromatic N) is 2. The molecule has 0 aliphatic carbocycles. The number of para-hydroxylation sites is 1. The molecule has 7 nitrogen and oxygen atoms in total. The Morgan fingerprint density at radius 1 is 1.10 bits per heavy atom. The number of benzene rings is 1. The number of fused-ring (bicyclic) bond motifs is 1. The average molecular weight is 406 g/mol. The Balaban J connectivity index is 1.16. The van der Waals surface area contributed by atoms with Gasteiger partial charge in [0.15, 0.2) is 0 Å². The predicted molar refractivity (Wildman–Crippen MR) is 116 cm³/mol. The Labute approximate surface area is 175 Å². The molecule has 0 atom stereocenters. The molecule has 2 aromatic heterocycles. The third-order valence-electron chi connectivity index (χ3n) is 5.68. The van der Waals surface area contributed by atoms with E-state index in [1.807, 2.05) is 6.07 Å². The number of carbonyl (C=O) groups excluding carboxylic acids is 2. The average Bonchev–Trinajstić information content (AvgIpc) is 3.21. The summed E-state index contributed by atoms with van der Waals surface area (Å²) in [5.74, 6) is -0.408. The van der Waals surface area contributed by atoms with Crippen LogP contribution in [0.2, 0.25) is 0 Å². The molecule has 0 radical (unpaired) electrons. The number of amides is 2. The molecule has 3 N–H and O–H groups in total. The van der Waals surface area contributed by atoms with Crippen molar-refractivity contribution in [3.8, 4) is 0 Å². The predicted octanol–water partition coefficient (Wildman–Crippen LogP) is 2.12. The lowest BCUT2D eigenvalue weighted by atomic mass is 10.0. The lowest BCUT2D eigenvalue weighted by molar-refractivity contribution is -0.121. The number of carbonyl (C=O) groups is 2. The molecule has 156 valence electrons. The molecule has 2 amide bonds. The van der Waals surface area contributed by atoms with Crippen LogP contribution in [0, 0.1) is 0 Å². The van der Waals surface area contributed by atoms with Crippen molar-refractivity contribution in [2.45, 2.75) is 25.3 Å². The van der Waals surface area contributed by atoms with Gasteiger partial charge >= 0.3 is 0 Å². The Morgan fingerprint density at radius 2 is 1.87 bits per heavy atom. The summed E-state index contributed by atoms with van der Waals surface area (Å²) in [5.41, 5.74) is 3.04. The molecule has 0 saturated carbocycles. The van der Waals surface area contributed by atoms with Gasteiger partial charge in [-0.05, 0) is 43.0 Å². The standard InChI is InChI=1S/C23H27N5O2/c29-22(16-26-23(30)17-5-10-24-11-6-17)27-19-8-13-28(14-9-19)12-7-18-15-25-21-4-2-1-3-20(18)21/h1-6,10-11,15,19,25H,7-9,12-14,16H2,(H,26,30)(H,27,29). The molecular weight excluding hydrogens is 378 g/mol. The van der Waals surface area contributed by atoms with E-state index in [-0.39, 0.29) is 24.4 Å². The van der Waals surface area contributed by atoms with Gasteiger partial charge in [0.05, 0.1) is 6.54 Å². The van der Waals surface area contributed by atoms with Crippen molar-refractivity contribution in [3.05, 3.63) is 66.1 Å². The van der Waals surface area contributed by atoms with E-state index in [0.717, 1.165) is 38.9 Å². The zero-order valence-corrected chi connectivity index (χ0v) is 16.9. The van der Waals surface area contributed by atoms with Crippen molar-refractivity contribution in [1.82, 2.24) is 25.5 Å². The third-order valence-corrected chi connectivity index (χ3v) is 5.68. The first kappa shape index (κ1) is 20.1. The number of hydrogen-bond donors (Lipinski definition) is 3. The topological polar surface area (TPSA) is 90.1 Å². The Hall–Kier alpha value is -3.19. The highest BCUT2D eigenvalue weighted by atomic mass is 16.2. The van der Waals surface area contributed by atoms with E-state index in [1.165, 1.54) is 16.5 Å². The minimum absolute atomic E-state index is 0.0120. The minimum Gasteiger partial charge on any atom is -0.361 e. The summed E-state index contributed by atoms with van der Waals surface area (Å²) < 4.78 is 0. The van der Waals surface area contributed by atoms with E-state index in [1.54, 1.807) is 24.5 Å². The van der Waals surface area contributed by atoms with Crippen molar-refractivity contribution in [1.29, 1.82) is 0 Å². The highest BCUT2D eigenvalue weighted by Crippen LogP contribution is 2.19. The first-order valence-electron chi connectivity index (χ1n) is 10.4. The lowest BCUT2D eigenvalue weighted by Gasteiger charge is -2.32. The van der Waals surface area contributed by atoms with Crippen LogP contribution in [0.4, 0.5) is 0 Å². The van der Waals surface area contributed by atoms with E-state index in [2.05, 4.69) is 49.9 Å². The summed E-state index contributed by atoms with van der Waals surface area (Å²) in [4.78, 5) is 33.9. The number of pyridine rings is 1. The number of piperidine rings is 1. The maximum Gasteiger partial charge on any atom is 0.251 e. The van der Waals surface area contributed by atoms with E-state index >= 15 is 0 Å². The first-order valence-corrected chi connectivity index (χ1v) is 10.4. The number of aromatic amines is 1. The van der Waals surface area contributed by atoms with Gasteiger partial charge in [0.2, 0.25) is 5.91 Å². The molecule has 1 saturated heterocycles. The van der Waals surface area contributed by atoms with Gasteiger partial charge in [-0.15, -0.1) is 0 Å². The van der Waals surface area contributed by atoms with Crippen molar-refractivity contribution in [3.63, 3.8) is 0 Å². The summed E-state index contributed by atoms with van der Waals surface area (Å²) in [6.07, 6.45) is 8.10. The van der Waals surface area contributed by atoms with E-state index < -0.39 is 0 Å². The van der Waals surface area contributed by atoms with Gasteiger partial charge in [-0.3, -0.25) is 14.6 Å². The van der Waals surface area contributed by atoms with Crippen LogP contribution in [0.15, 0.2) is 55.0 Å². The largest absolute Gasteiger partial charge is 0.361 e. The fourth-order valence-corrected chi connectivity index (χ4v) is 3.96. The van der Waals surface area contributed by atoms with Crippen LogP contribution in [-0.2, 0) is 11.2 Å². The van der Waals surface area contributed by atoms with Gasteiger partial charge in [-0.25, -0.2) is 0 Å². The maximum absolute atomic E-state index is 12.2. The zero-order chi connectivity index (χ0) is 20.8. The van der Waals surface area contributed by atoms with Crippen LogP contribution in [0.1, 0.15) is 28.8 Å². The van der Waals surface area contributed by atoms with Crippen LogP contribution in [0.5, 0.6) is 0 Å². The van der Waals surface area contributed by atoms with Crippen molar-refractivity contribution < 1.29 is 9.59 Å². The van der Waals surface area contributed by atoms with Crippen molar-refractivity contribution in [2.75, 3.05) is 26.2 Å². The van der Waals surface area contributed by atoms with E-state index in [0.29, 0.717) is 5.56 Å². The summed E-state index contributed by atoms with van der Waals surface area (Å²) >= 11 is 0. The van der Waals surface area contributed by atoms with Gasteiger partial charge in [0.1, 0.15) is 0 Å². The van der Waals surface area contributed by atoms with Crippen LogP contribution < -0.4 is 10.6 Å². The van der Waals surface area contributed by atoms with Gasteiger partial charge in [-0.2, -0.15) is 0 Å². The van der Waals surface area contributed by atoms with Gasteiger partial charge in [0.25, 0.3) is 5.91 Å². The summed E-state index contributed by atoms with van der Waals surface area (Å²) in [6.45, 7) is 2.94. The second-order valence-corrected chi connectivity index (χ2v) is 7.71. The van der Waals surface area contributed by atoms with Crippen LogP contribution in [0.25, 0.3) is 10.9 Å². The number of hydrogen-bond acceptors (Lipinski definition) is 4. The third kappa shape index (κ3) is 5.04. The molecule has 0 unspecified atom stereocenters. The fourth-order valence-electron chi connectivity index (χ4n) is 3.96. The number of H-pyrrole nitrogens is 1. The number of rotatable bonds is 7. The van der Waals surface area contributed by atoms with Gasteiger partial charge in [-0.1, -0.05) is 18.2 Å². The Bertz CT molecular complexity index is 993. The second-order valence-electron chi connectivity index (χ2n) is 7.71. The molecule has 1 aromatic carbocycles. The molecule has 3 aromatic rings. The number of aromatic nitrogens is 2. The van der Waals surface area contributed by atoms with Crippen molar-refractivity contribution >= 4 is 22.7 Å². The molecule has 30 heavy (non-hydrogen) atoms.